The zero-order chi connectivity index (χ0) is 23.5. The van der Waals surface area contributed by atoms with Crippen molar-refractivity contribution >= 4 is 35.0 Å². The Morgan fingerprint density at radius 3 is 2.38 bits per heavy atom. The highest BCUT2D eigenvalue weighted by Gasteiger charge is 2.26. The van der Waals surface area contributed by atoms with Crippen LogP contribution in [0.15, 0.2) is 48.5 Å². The van der Waals surface area contributed by atoms with Crippen LogP contribution in [0.25, 0.3) is 0 Å². The molecule has 0 heterocycles. The standard InChI is InChI=1S/C24H30Cl2N2O4/c1-17(2)31-14-6-13-27-24(30)18(3)28(15-19-9-11-20(25)12-10-19)23(29)16-32-22-8-5-4-7-21(22)26/h4-5,7-12,17-18H,6,13-16H2,1-3H3,(H,27,30)/t18-/m0/s1. The molecule has 0 radical (unpaired) electrons. The lowest BCUT2D eigenvalue weighted by Gasteiger charge is -2.29. The molecule has 0 unspecified atom stereocenters. The fourth-order valence-electron chi connectivity index (χ4n) is 2.90. The lowest BCUT2D eigenvalue weighted by molar-refractivity contribution is -0.142. The molecule has 0 aliphatic carbocycles. The molecular weight excluding hydrogens is 451 g/mol. The average Bonchev–Trinajstić information content (AvgIpc) is 2.77. The van der Waals surface area contributed by atoms with E-state index in [2.05, 4.69) is 5.32 Å². The summed E-state index contributed by atoms with van der Waals surface area (Å²) < 4.78 is 11.1. The van der Waals surface area contributed by atoms with E-state index in [4.69, 9.17) is 32.7 Å². The largest absolute Gasteiger partial charge is 0.482 e. The molecule has 2 rings (SSSR count). The van der Waals surface area contributed by atoms with E-state index in [9.17, 15) is 9.59 Å². The Morgan fingerprint density at radius 2 is 1.72 bits per heavy atom. The predicted molar refractivity (Wildman–Crippen MR) is 127 cm³/mol. The van der Waals surface area contributed by atoms with E-state index in [-0.39, 0.29) is 31.1 Å². The summed E-state index contributed by atoms with van der Waals surface area (Å²) in [5.74, 6) is -0.156. The Kier molecular flexibility index (Phi) is 10.8. The second-order valence-electron chi connectivity index (χ2n) is 7.61. The van der Waals surface area contributed by atoms with Gasteiger partial charge >= 0.3 is 0 Å². The number of amides is 2. The monoisotopic (exact) mass is 480 g/mol. The van der Waals surface area contributed by atoms with Gasteiger partial charge in [-0.15, -0.1) is 0 Å². The van der Waals surface area contributed by atoms with Gasteiger partial charge in [0.15, 0.2) is 6.61 Å². The molecule has 2 aromatic rings. The minimum atomic E-state index is -0.695. The van der Waals surface area contributed by atoms with Crippen LogP contribution in [0.4, 0.5) is 0 Å². The van der Waals surface area contributed by atoms with Crippen LogP contribution in [-0.4, -0.2) is 48.6 Å². The summed E-state index contributed by atoms with van der Waals surface area (Å²) in [6.07, 6.45) is 0.840. The van der Waals surface area contributed by atoms with Crippen molar-refractivity contribution in [1.82, 2.24) is 10.2 Å². The molecule has 1 atom stereocenters. The Morgan fingerprint density at radius 1 is 1.03 bits per heavy atom. The summed E-state index contributed by atoms with van der Waals surface area (Å²) in [5, 5.41) is 3.89. The lowest BCUT2D eigenvalue weighted by atomic mass is 10.1. The molecule has 0 aliphatic rings. The van der Waals surface area contributed by atoms with Crippen LogP contribution in [-0.2, 0) is 20.9 Å². The van der Waals surface area contributed by atoms with Crippen LogP contribution in [0, 0.1) is 0 Å². The number of hydrogen-bond acceptors (Lipinski definition) is 4. The number of carbonyl (C=O) groups excluding carboxylic acids is 2. The van der Waals surface area contributed by atoms with Crippen molar-refractivity contribution in [1.29, 1.82) is 0 Å². The van der Waals surface area contributed by atoms with E-state index in [0.717, 1.165) is 5.56 Å². The number of halogens is 2. The third-order valence-electron chi connectivity index (χ3n) is 4.69. The molecule has 0 spiro atoms. The molecular formula is C24H30Cl2N2O4. The van der Waals surface area contributed by atoms with Crippen LogP contribution in [0.2, 0.25) is 10.0 Å². The van der Waals surface area contributed by atoms with Crippen molar-refractivity contribution < 1.29 is 19.1 Å². The Bertz CT molecular complexity index is 875. The van der Waals surface area contributed by atoms with Gasteiger partial charge in [-0.2, -0.15) is 0 Å². The molecule has 2 amide bonds. The molecule has 6 nitrogen and oxygen atoms in total. The van der Waals surface area contributed by atoms with E-state index >= 15 is 0 Å². The van der Waals surface area contributed by atoms with Crippen molar-refractivity contribution in [2.75, 3.05) is 19.8 Å². The van der Waals surface area contributed by atoms with E-state index in [1.807, 2.05) is 26.0 Å². The summed E-state index contributed by atoms with van der Waals surface area (Å²) in [6.45, 7) is 6.66. The SMILES string of the molecule is CC(C)OCCCNC(=O)[C@H](C)N(Cc1ccc(Cl)cc1)C(=O)COc1ccccc1Cl. The summed E-state index contributed by atoms with van der Waals surface area (Å²) in [6, 6.07) is 13.4. The molecule has 32 heavy (non-hydrogen) atoms. The number of nitrogens with zero attached hydrogens (tertiary/aromatic N) is 1. The maximum absolute atomic E-state index is 13.0. The molecule has 0 bridgehead atoms. The van der Waals surface area contributed by atoms with Crippen LogP contribution in [0.1, 0.15) is 32.8 Å². The highest BCUT2D eigenvalue weighted by molar-refractivity contribution is 6.32. The number of carbonyl (C=O) groups is 2. The van der Waals surface area contributed by atoms with Gasteiger partial charge in [-0.05, 0) is 57.0 Å². The minimum Gasteiger partial charge on any atom is -0.482 e. The first-order valence-corrected chi connectivity index (χ1v) is 11.3. The first kappa shape index (κ1) is 26.0. The van der Waals surface area contributed by atoms with Gasteiger partial charge in [-0.25, -0.2) is 0 Å². The first-order chi connectivity index (χ1) is 15.3. The number of hydrogen-bond donors (Lipinski definition) is 1. The maximum atomic E-state index is 13.0. The minimum absolute atomic E-state index is 0.148. The summed E-state index contributed by atoms with van der Waals surface area (Å²) in [5.41, 5.74) is 0.852. The Labute approximate surface area is 199 Å². The zero-order valence-electron chi connectivity index (χ0n) is 18.6. The van der Waals surface area contributed by atoms with Gasteiger partial charge in [0.1, 0.15) is 11.8 Å². The normalized spacial score (nSPS) is 11.8. The van der Waals surface area contributed by atoms with Crippen LogP contribution < -0.4 is 10.1 Å². The quantitative estimate of drug-likeness (QED) is 0.446. The fourth-order valence-corrected chi connectivity index (χ4v) is 3.22. The van der Waals surface area contributed by atoms with E-state index in [1.54, 1.807) is 43.3 Å². The van der Waals surface area contributed by atoms with Crippen molar-refractivity contribution in [2.24, 2.45) is 0 Å². The lowest BCUT2D eigenvalue weighted by Crippen LogP contribution is -2.49. The number of rotatable bonds is 12. The van der Waals surface area contributed by atoms with E-state index < -0.39 is 6.04 Å². The summed E-state index contributed by atoms with van der Waals surface area (Å²) >= 11 is 12.1. The third kappa shape index (κ3) is 8.69. The molecule has 1 N–H and O–H groups in total. The highest BCUT2D eigenvalue weighted by Crippen LogP contribution is 2.23. The summed E-state index contributed by atoms with van der Waals surface area (Å²) in [4.78, 5) is 27.2. The third-order valence-corrected chi connectivity index (χ3v) is 5.26. The van der Waals surface area contributed by atoms with Crippen LogP contribution in [0.3, 0.4) is 0 Å². The number of nitrogens with one attached hydrogen (secondary N) is 1. The number of para-hydroxylation sites is 1. The second kappa shape index (κ2) is 13.3. The van der Waals surface area contributed by atoms with Crippen LogP contribution in [0.5, 0.6) is 5.75 Å². The van der Waals surface area contributed by atoms with Gasteiger partial charge < -0.3 is 19.7 Å². The van der Waals surface area contributed by atoms with Gasteiger partial charge in [-0.3, -0.25) is 9.59 Å². The van der Waals surface area contributed by atoms with E-state index in [1.165, 1.54) is 4.90 Å². The van der Waals surface area contributed by atoms with Gasteiger partial charge in [-0.1, -0.05) is 47.5 Å². The van der Waals surface area contributed by atoms with Gasteiger partial charge in [0.25, 0.3) is 5.91 Å². The van der Waals surface area contributed by atoms with Gasteiger partial charge in [0.2, 0.25) is 5.91 Å². The molecule has 8 heteroatoms. The molecule has 0 saturated heterocycles. The molecule has 0 aromatic heterocycles. The predicted octanol–water partition coefficient (Wildman–Crippen LogP) is 4.72. The fraction of sp³-hybridized carbons (Fsp3) is 0.417. The van der Waals surface area contributed by atoms with Gasteiger partial charge in [0.05, 0.1) is 11.1 Å². The molecule has 0 saturated carbocycles. The van der Waals surface area contributed by atoms with Crippen molar-refractivity contribution in [2.45, 2.75) is 45.9 Å². The van der Waals surface area contributed by atoms with Gasteiger partial charge in [0, 0.05) is 24.7 Å². The van der Waals surface area contributed by atoms with Crippen molar-refractivity contribution in [3.63, 3.8) is 0 Å². The summed E-state index contributed by atoms with van der Waals surface area (Å²) in [7, 11) is 0. The van der Waals surface area contributed by atoms with Crippen molar-refractivity contribution in [3.05, 3.63) is 64.1 Å². The maximum Gasteiger partial charge on any atom is 0.261 e. The zero-order valence-corrected chi connectivity index (χ0v) is 20.2. The molecule has 2 aromatic carbocycles. The highest BCUT2D eigenvalue weighted by atomic mass is 35.5. The topological polar surface area (TPSA) is 67.9 Å². The second-order valence-corrected chi connectivity index (χ2v) is 8.45. The molecule has 0 fully saturated rings. The molecule has 0 aliphatic heterocycles. The van der Waals surface area contributed by atoms with Crippen molar-refractivity contribution in [3.8, 4) is 5.75 Å². The smallest absolute Gasteiger partial charge is 0.261 e. The first-order valence-electron chi connectivity index (χ1n) is 10.6. The Balaban J connectivity index is 2.03. The van der Waals surface area contributed by atoms with E-state index in [0.29, 0.717) is 35.4 Å². The number of ether oxygens (including phenoxy) is 2. The van der Waals surface area contributed by atoms with Crippen LogP contribution >= 0.6 is 23.2 Å². The number of benzene rings is 2. The average molecular weight is 481 g/mol. The Hall–Kier alpha value is -2.28. The molecule has 174 valence electrons.